The van der Waals surface area contributed by atoms with E-state index in [9.17, 15) is 4.79 Å². The zero-order valence-corrected chi connectivity index (χ0v) is 12.3. The molecule has 5 heteroatoms. The number of allylic oxidation sites excluding steroid dienone is 1. The second-order valence-corrected chi connectivity index (χ2v) is 4.52. The van der Waals surface area contributed by atoms with E-state index in [0.29, 0.717) is 29.2 Å². The molecule has 0 unspecified atom stereocenters. The van der Waals surface area contributed by atoms with Gasteiger partial charge in [0.2, 0.25) is 0 Å². The van der Waals surface area contributed by atoms with Crippen molar-refractivity contribution < 1.29 is 19.1 Å². The van der Waals surface area contributed by atoms with E-state index in [0.717, 1.165) is 11.1 Å². The van der Waals surface area contributed by atoms with E-state index in [1.807, 2.05) is 6.07 Å². The van der Waals surface area contributed by atoms with Gasteiger partial charge in [-0.05, 0) is 37.1 Å². The Labute approximate surface area is 123 Å². The molecule has 1 heterocycles. The molecule has 110 valence electrons. The number of hydrogen-bond acceptors (Lipinski definition) is 5. The maximum Gasteiger partial charge on any atom is 0.367 e. The van der Waals surface area contributed by atoms with Gasteiger partial charge in [-0.2, -0.15) is 0 Å². The van der Waals surface area contributed by atoms with Gasteiger partial charge in [-0.3, -0.25) is 0 Å². The molecule has 0 saturated carbocycles. The standard InChI is InChI=1S/C16H17NO4/c1-5-6-12-7-11(9-14(19-3)15(12)20-4)8-13-10(2)17-21-16(13)18/h5,7-9H,1,6H2,2-4H3/b13-8-. The van der Waals surface area contributed by atoms with Crippen molar-refractivity contribution in [1.82, 2.24) is 0 Å². The molecule has 1 aliphatic rings. The number of rotatable bonds is 5. The van der Waals surface area contributed by atoms with Crippen molar-refractivity contribution >= 4 is 17.8 Å². The lowest BCUT2D eigenvalue weighted by molar-refractivity contribution is -0.136. The molecule has 0 atom stereocenters. The van der Waals surface area contributed by atoms with Crippen LogP contribution in [0.3, 0.4) is 0 Å². The van der Waals surface area contributed by atoms with Crippen molar-refractivity contribution in [2.45, 2.75) is 13.3 Å². The van der Waals surface area contributed by atoms with E-state index < -0.39 is 5.97 Å². The van der Waals surface area contributed by atoms with Crippen LogP contribution in [-0.4, -0.2) is 25.9 Å². The van der Waals surface area contributed by atoms with Gasteiger partial charge in [-0.25, -0.2) is 4.79 Å². The molecule has 0 amide bonds. The first kappa shape index (κ1) is 14.8. The quantitative estimate of drug-likeness (QED) is 0.474. The molecular formula is C16H17NO4. The van der Waals surface area contributed by atoms with Gasteiger partial charge in [0.05, 0.1) is 25.5 Å². The first-order valence-electron chi connectivity index (χ1n) is 6.44. The van der Waals surface area contributed by atoms with Crippen molar-refractivity contribution in [1.29, 1.82) is 0 Å². The fraction of sp³-hybridized carbons (Fsp3) is 0.250. The Morgan fingerprint density at radius 3 is 2.62 bits per heavy atom. The molecule has 0 fully saturated rings. The molecule has 2 rings (SSSR count). The Morgan fingerprint density at radius 2 is 2.10 bits per heavy atom. The normalized spacial score (nSPS) is 15.7. The summed E-state index contributed by atoms with van der Waals surface area (Å²) < 4.78 is 10.7. The second-order valence-electron chi connectivity index (χ2n) is 4.52. The lowest BCUT2D eigenvalue weighted by Gasteiger charge is -2.13. The fourth-order valence-electron chi connectivity index (χ4n) is 2.14. The lowest BCUT2D eigenvalue weighted by atomic mass is 10.0. The van der Waals surface area contributed by atoms with Crippen LogP contribution in [-0.2, 0) is 16.1 Å². The molecule has 0 saturated heterocycles. The largest absolute Gasteiger partial charge is 0.493 e. The Balaban J connectivity index is 2.52. The summed E-state index contributed by atoms with van der Waals surface area (Å²) in [6.45, 7) is 5.46. The molecule has 0 radical (unpaired) electrons. The minimum atomic E-state index is -0.451. The molecule has 0 bridgehead atoms. The summed E-state index contributed by atoms with van der Waals surface area (Å²) in [6.07, 6.45) is 4.14. The van der Waals surface area contributed by atoms with Crippen LogP contribution in [0.15, 0.2) is 35.5 Å². The SMILES string of the molecule is C=CCc1cc(/C=C2\C(=O)ON=C2C)cc(OC)c1OC. The third-order valence-corrected chi connectivity index (χ3v) is 3.13. The summed E-state index contributed by atoms with van der Waals surface area (Å²) in [7, 11) is 3.16. The van der Waals surface area contributed by atoms with E-state index in [1.54, 1.807) is 39.4 Å². The first-order chi connectivity index (χ1) is 10.1. The smallest absolute Gasteiger partial charge is 0.367 e. The van der Waals surface area contributed by atoms with Crippen molar-refractivity contribution in [2.24, 2.45) is 5.16 Å². The molecule has 0 aliphatic carbocycles. The highest BCUT2D eigenvalue weighted by Crippen LogP contribution is 2.34. The van der Waals surface area contributed by atoms with E-state index >= 15 is 0 Å². The highest BCUT2D eigenvalue weighted by Gasteiger charge is 2.22. The molecule has 21 heavy (non-hydrogen) atoms. The summed E-state index contributed by atoms with van der Waals surface area (Å²) >= 11 is 0. The predicted molar refractivity (Wildman–Crippen MR) is 80.6 cm³/mol. The van der Waals surface area contributed by atoms with E-state index in [2.05, 4.69) is 16.6 Å². The molecule has 0 spiro atoms. The zero-order chi connectivity index (χ0) is 15.4. The van der Waals surface area contributed by atoms with Crippen LogP contribution in [0.4, 0.5) is 0 Å². The van der Waals surface area contributed by atoms with Gasteiger partial charge >= 0.3 is 5.97 Å². The molecule has 0 aromatic heterocycles. The Morgan fingerprint density at radius 1 is 1.33 bits per heavy atom. The average molecular weight is 287 g/mol. The number of hydrogen-bond donors (Lipinski definition) is 0. The number of carbonyl (C=O) groups is 1. The van der Waals surface area contributed by atoms with Crippen LogP contribution in [0.2, 0.25) is 0 Å². The first-order valence-corrected chi connectivity index (χ1v) is 6.44. The molecular weight excluding hydrogens is 270 g/mol. The zero-order valence-electron chi connectivity index (χ0n) is 12.3. The number of oxime groups is 1. The van der Waals surface area contributed by atoms with E-state index in [-0.39, 0.29) is 0 Å². The van der Waals surface area contributed by atoms with Gasteiger partial charge in [0.1, 0.15) is 0 Å². The molecule has 1 aromatic carbocycles. The molecule has 1 aromatic rings. The van der Waals surface area contributed by atoms with Gasteiger partial charge in [-0.1, -0.05) is 11.2 Å². The maximum atomic E-state index is 11.6. The van der Waals surface area contributed by atoms with Crippen LogP contribution >= 0.6 is 0 Å². The van der Waals surface area contributed by atoms with Crippen molar-refractivity contribution in [3.05, 3.63) is 41.5 Å². The lowest BCUT2D eigenvalue weighted by Crippen LogP contribution is -2.02. The highest BCUT2D eigenvalue weighted by atomic mass is 16.7. The third kappa shape index (κ3) is 2.97. The minimum absolute atomic E-state index is 0.437. The van der Waals surface area contributed by atoms with Crippen LogP contribution in [0.5, 0.6) is 11.5 Å². The number of carbonyl (C=O) groups excluding carboxylic acids is 1. The van der Waals surface area contributed by atoms with Crippen LogP contribution in [0.25, 0.3) is 6.08 Å². The van der Waals surface area contributed by atoms with Crippen LogP contribution in [0.1, 0.15) is 18.1 Å². The Hall–Kier alpha value is -2.56. The van der Waals surface area contributed by atoms with Gasteiger partial charge in [0.15, 0.2) is 11.5 Å². The summed E-state index contributed by atoms with van der Waals surface area (Å²) in [5, 5.41) is 3.66. The number of ether oxygens (including phenoxy) is 2. The van der Waals surface area contributed by atoms with Gasteiger partial charge in [0.25, 0.3) is 0 Å². The molecule has 0 N–H and O–H groups in total. The van der Waals surface area contributed by atoms with Gasteiger partial charge < -0.3 is 14.3 Å². The van der Waals surface area contributed by atoms with E-state index in [1.165, 1.54) is 0 Å². The maximum absolute atomic E-state index is 11.6. The van der Waals surface area contributed by atoms with Crippen LogP contribution in [0, 0.1) is 0 Å². The minimum Gasteiger partial charge on any atom is -0.493 e. The monoisotopic (exact) mass is 287 g/mol. The van der Waals surface area contributed by atoms with E-state index in [4.69, 9.17) is 9.47 Å². The van der Waals surface area contributed by atoms with Crippen molar-refractivity contribution in [3.63, 3.8) is 0 Å². The third-order valence-electron chi connectivity index (χ3n) is 3.13. The topological polar surface area (TPSA) is 57.1 Å². The average Bonchev–Trinajstić information content (AvgIpc) is 2.79. The van der Waals surface area contributed by atoms with Gasteiger partial charge in [0, 0.05) is 5.56 Å². The molecule has 1 aliphatic heterocycles. The Bertz CT molecular complexity index is 644. The van der Waals surface area contributed by atoms with Gasteiger partial charge in [-0.15, -0.1) is 6.58 Å². The predicted octanol–water partition coefficient (Wildman–Crippen LogP) is 2.75. The number of methoxy groups -OCH3 is 2. The van der Waals surface area contributed by atoms with Crippen molar-refractivity contribution in [2.75, 3.05) is 14.2 Å². The summed E-state index contributed by atoms with van der Waals surface area (Å²) in [4.78, 5) is 16.2. The summed E-state index contributed by atoms with van der Waals surface area (Å²) in [5.74, 6) is 0.816. The molecule has 5 nitrogen and oxygen atoms in total. The van der Waals surface area contributed by atoms with Crippen LogP contribution < -0.4 is 9.47 Å². The number of nitrogens with zero attached hydrogens (tertiary/aromatic N) is 1. The summed E-state index contributed by atoms with van der Waals surface area (Å²) in [5.41, 5.74) is 2.74. The highest BCUT2D eigenvalue weighted by molar-refractivity contribution is 6.24. The van der Waals surface area contributed by atoms with Crippen molar-refractivity contribution in [3.8, 4) is 11.5 Å². The second kappa shape index (κ2) is 6.26. The summed E-state index contributed by atoms with van der Waals surface area (Å²) in [6, 6.07) is 3.73. The fourth-order valence-corrected chi connectivity index (χ4v) is 2.14. The number of benzene rings is 1. The Kier molecular flexibility index (Phi) is 4.42.